The summed E-state index contributed by atoms with van der Waals surface area (Å²) in [6, 6.07) is 22.6. The number of anilines is 1. The van der Waals surface area contributed by atoms with Crippen molar-refractivity contribution in [3.63, 3.8) is 0 Å². The monoisotopic (exact) mass is 278 g/mol. The van der Waals surface area contributed by atoms with Crippen molar-refractivity contribution in [1.82, 2.24) is 5.43 Å². The molecule has 2 rings (SSSR count). The van der Waals surface area contributed by atoms with E-state index in [4.69, 9.17) is 0 Å². The van der Waals surface area contributed by atoms with Gasteiger partial charge < -0.3 is 5.01 Å². The molecule has 2 aromatic rings. The van der Waals surface area contributed by atoms with Crippen LogP contribution in [0.4, 0.5) is 5.69 Å². The first-order valence-electron chi connectivity index (χ1n) is 6.31. The van der Waals surface area contributed by atoms with Gasteiger partial charge in [0.2, 0.25) is 0 Å². The Bertz CT molecular complexity index is 404. The van der Waals surface area contributed by atoms with Crippen LogP contribution in [0.15, 0.2) is 70.9 Å². The van der Waals surface area contributed by atoms with Gasteiger partial charge in [-0.25, -0.2) is 5.43 Å². The number of nitrogens with one attached hydrogen (secondary N) is 1. The van der Waals surface area contributed by atoms with Crippen LogP contribution in [0.3, 0.4) is 0 Å². The van der Waals surface area contributed by atoms with Crippen LogP contribution in [0.25, 0.3) is 0 Å². The third-order valence-electron chi connectivity index (χ3n) is 2.29. The molecule has 0 aromatic heterocycles. The van der Waals surface area contributed by atoms with Crippen LogP contribution in [0.5, 0.6) is 0 Å². The van der Waals surface area contributed by atoms with Gasteiger partial charge in [0.1, 0.15) is 0 Å². The Hall–Kier alpha value is -1.60. The summed E-state index contributed by atoms with van der Waals surface area (Å²) in [4.78, 5) is 0. The maximum absolute atomic E-state index is 3.36. The van der Waals surface area contributed by atoms with Gasteiger partial charge in [-0.15, -0.1) is 0 Å². The molecule has 4 nitrogen and oxygen atoms in total. The van der Waals surface area contributed by atoms with Gasteiger partial charge in [0.05, 0.1) is 5.69 Å². The van der Waals surface area contributed by atoms with Gasteiger partial charge in [-0.2, -0.15) is 46.6 Å². The summed E-state index contributed by atoms with van der Waals surface area (Å²) in [7, 11) is 7.16. The van der Waals surface area contributed by atoms with Gasteiger partial charge in [-0.05, 0) is 12.1 Å². The fourth-order valence-electron chi connectivity index (χ4n) is 1.12. The molecule has 108 valence electrons. The molecule has 0 spiro atoms. The molecule has 0 aliphatic rings. The van der Waals surface area contributed by atoms with Crippen LogP contribution >= 0.6 is 0 Å². The summed E-state index contributed by atoms with van der Waals surface area (Å²) < 4.78 is 0. The molecule has 0 bridgehead atoms. The maximum atomic E-state index is 3.36. The van der Waals surface area contributed by atoms with E-state index in [0.717, 1.165) is 0 Å². The third kappa shape index (κ3) is 13.1. The van der Waals surface area contributed by atoms with Gasteiger partial charge in [-0.1, -0.05) is 18.2 Å². The van der Waals surface area contributed by atoms with Crippen molar-refractivity contribution in [2.24, 2.45) is 10.2 Å². The van der Waals surface area contributed by atoms with Crippen LogP contribution in [-0.4, -0.2) is 28.2 Å². The van der Waals surface area contributed by atoms with Gasteiger partial charge in [-0.3, -0.25) is 0 Å². The van der Waals surface area contributed by atoms with Crippen molar-refractivity contribution in [3.8, 4) is 0 Å². The van der Waals surface area contributed by atoms with Crippen molar-refractivity contribution < 1.29 is 18.9 Å². The average Bonchev–Trinajstić information content (AvgIpc) is 2.57. The SMILES string of the molecule is CN=NC.CNN(C)c1ccccc1.[Li+].[c-]1ccccc1. The summed E-state index contributed by atoms with van der Waals surface area (Å²) >= 11 is 0. The van der Waals surface area contributed by atoms with E-state index in [-0.39, 0.29) is 18.9 Å². The van der Waals surface area contributed by atoms with Gasteiger partial charge in [0, 0.05) is 28.2 Å². The van der Waals surface area contributed by atoms with E-state index >= 15 is 0 Å². The quantitative estimate of drug-likeness (QED) is 0.375. The summed E-state index contributed by atoms with van der Waals surface area (Å²) in [5, 5.41) is 8.68. The van der Waals surface area contributed by atoms with Crippen LogP contribution in [0.2, 0.25) is 0 Å². The van der Waals surface area contributed by atoms with E-state index in [1.807, 2.05) is 67.6 Å². The minimum atomic E-state index is 0. The molecule has 0 aliphatic heterocycles. The Labute approximate surface area is 140 Å². The van der Waals surface area contributed by atoms with Crippen LogP contribution in [0, 0.1) is 6.07 Å². The Morgan fingerprint density at radius 3 is 1.67 bits per heavy atom. The van der Waals surface area contributed by atoms with Gasteiger partial charge in [0.15, 0.2) is 0 Å². The minimum absolute atomic E-state index is 0. The zero-order valence-corrected chi connectivity index (χ0v) is 13.6. The molecule has 0 heterocycles. The first-order valence-corrected chi connectivity index (χ1v) is 6.31. The molecule has 0 amide bonds. The molecule has 0 saturated carbocycles. The molecular weight excluding hydrogens is 255 g/mol. The van der Waals surface area contributed by atoms with Crippen molar-refractivity contribution in [3.05, 3.63) is 66.7 Å². The minimum Gasteiger partial charge on any atom is -0.312 e. The molecule has 0 radical (unpaired) electrons. The van der Waals surface area contributed by atoms with Crippen LogP contribution < -0.4 is 29.3 Å². The molecule has 2 aromatic carbocycles. The van der Waals surface area contributed by atoms with Crippen molar-refractivity contribution in [1.29, 1.82) is 0 Å². The van der Waals surface area contributed by atoms with E-state index in [9.17, 15) is 0 Å². The van der Waals surface area contributed by atoms with Gasteiger partial charge in [0.25, 0.3) is 0 Å². The fourth-order valence-corrected chi connectivity index (χ4v) is 1.12. The van der Waals surface area contributed by atoms with Crippen LogP contribution in [0.1, 0.15) is 0 Å². The van der Waals surface area contributed by atoms with E-state index in [2.05, 4.69) is 33.9 Å². The van der Waals surface area contributed by atoms with Crippen molar-refractivity contribution in [2.45, 2.75) is 0 Å². The van der Waals surface area contributed by atoms with Crippen LogP contribution in [-0.2, 0) is 0 Å². The molecule has 0 fully saturated rings. The fraction of sp³-hybridized carbons (Fsp3) is 0.250. The second kappa shape index (κ2) is 16.5. The Balaban J connectivity index is 0. The summed E-state index contributed by atoms with van der Waals surface area (Å²) in [6.45, 7) is 0. The summed E-state index contributed by atoms with van der Waals surface area (Å²) in [6.07, 6.45) is 0. The first-order chi connectivity index (χ1) is 9.76. The molecule has 0 saturated heterocycles. The number of hydrazine groups is 1. The van der Waals surface area contributed by atoms with E-state index in [1.54, 1.807) is 14.1 Å². The zero-order valence-electron chi connectivity index (χ0n) is 13.6. The Morgan fingerprint density at radius 1 is 0.905 bits per heavy atom. The van der Waals surface area contributed by atoms with E-state index < -0.39 is 0 Å². The summed E-state index contributed by atoms with van der Waals surface area (Å²) in [5.74, 6) is 0. The molecular formula is C16H23LiN4. The number of hydrogen-bond acceptors (Lipinski definition) is 4. The molecule has 0 atom stereocenters. The number of benzene rings is 2. The average molecular weight is 278 g/mol. The largest absolute Gasteiger partial charge is 1.00 e. The summed E-state index contributed by atoms with van der Waals surface area (Å²) in [5.41, 5.74) is 4.19. The molecule has 1 N–H and O–H groups in total. The van der Waals surface area contributed by atoms with Gasteiger partial charge >= 0.3 is 18.9 Å². The molecule has 5 heteroatoms. The predicted molar refractivity (Wildman–Crippen MR) is 85.9 cm³/mol. The van der Waals surface area contributed by atoms with E-state index in [1.165, 1.54) is 5.69 Å². The van der Waals surface area contributed by atoms with Crippen molar-refractivity contribution in [2.75, 3.05) is 33.2 Å². The second-order valence-corrected chi connectivity index (χ2v) is 3.60. The topological polar surface area (TPSA) is 40.0 Å². The molecule has 0 aliphatic carbocycles. The molecule has 0 unspecified atom stereocenters. The number of hydrogen-bond donors (Lipinski definition) is 1. The Morgan fingerprint density at radius 2 is 1.38 bits per heavy atom. The Kier molecular flexibility index (Phi) is 17.0. The normalized spacial score (nSPS) is 8.57. The second-order valence-electron chi connectivity index (χ2n) is 3.60. The van der Waals surface area contributed by atoms with Crippen molar-refractivity contribution >= 4 is 5.69 Å². The third-order valence-corrected chi connectivity index (χ3v) is 2.29. The zero-order chi connectivity index (χ0) is 15.1. The smallest absolute Gasteiger partial charge is 0.312 e. The standard InChI is InChI=1S/C8H12N2.C6H5.C2H6N2.Li/c1-9-10(2)8-6-4-3-5-7-8;1-2-4-6-5-3-1;1-3-4-2;/h3-7,9H,1-2H3;1-5H;1-2H3;/q;-1;;+1. The molecule has 21 heavy (non-hydrogen) atoms. The first kappa shape index (κ1) is 21.7. The number of para-hydroxylation sites is 1. The number of azo groups is 1. The number of rotatable bonds is 2. The van der Waals surface area contributed by atoms with E-state index in [0.29, 0.717) is 0 Å². The number of nitrogens with zero attached hydrogens (tertiary/aromatic N) is 3. The maximum Gasteiger partial charge on any atom is 1.00 e. The predicted octanol–water partition coefficient (Wildman–Crippen LogP) is 0.446.